The number of nitrogens with two attached hydrogens (primary N) is 1. The molecule has 4 nitrogen and oxygen atoms in total. The van der Waals surface area contributed by atoms with Crippen molar-refractivity contribution < 1.29 is 9.59 Å². The quantitative estimate of drug-likeness (QED) is 0.830. The maximum absolute atomic E-state index is 12.6. The molecule has 1 aromatic heterocycles. The highest BCUT2D eigenvalue weighted by atomic mass is 32.1. The summed E-state index contributed by atoms with van der Waals surface area (Å²) in [5, 5.41) is 3.73. The second-order valence-corrected chi connectivity index (χ2v) is 9.81. The monoisotopic (exact) mass is 362 g/mol. The lowest BCUT2D eigenvalue weighted by Gasteiger charge is -2.34. The number of hydrogen-bond donors (Lipinski definition) is 2. The Kier molecular flexibility index (Phi) is 5.24. The number of carbonyl (C=O) groups is 2. The Bertz CT molecular complexity index is 666. The van der Waals surface area contributed by atoms with Gasteiger partial charge in [0, 0.05) is 10.8 Å². The van der Waals surface area contributed by atoms with Crippen molar-refractivity contribution in [3.8, 4) is 0 Å². The van der Waals surface area contributed by atoms with Gasteiger partial charge in [-0.1, -0.05) is 40.0 Å². The molecule has 3 rings (SSSR count). The molecule has 1 aromatic rings. The summed E-state index contributed by atoms with van der Waals surface area (Å²) in [5.74, 6) is 0.268. The number of hydrogen-bond acceptors (Lipinski definition) is 3. The van der Waals surface area contributed by atoms with E-state index in [0.29, 0.717) is 16.5 Å². The number of thiophene rings is 1. The summed E-state index contributed by atoms with van der Waals surface area (Å²) in [4.78, 5) is 26.0. The van der Waals surface area contributed by atoms with Gasteiger partial charge < -0.3 is 11.1 Å². The molecule has 3 N–H and O–H groups in total. The molecule has 1 fully saturated rings. The van der Waals surface area contributed by atoms with Crippen molar-refractivity contribution in [3.63, 3.8) is 0 Å². The lowest BCUT2D eigenvalue weighted by atomic mass is 9.71. The number of anilines is 1. The molecule has 0 spiro atoms. The minimum atomic E-state index is -0.411. The van der Waals surface area contributed by atoms with Gasteiger partial charge in [0.2, 0.25) is 5.91 Å². The summed E-state index contributed by atoms with van der Waals surface area (Å²) in [5.41, 5.74) is 7.57. The van der Waals surface area contributed by atoms with Gasteiger partial charge in [0.05, 0.1) is 5.56 Å². The van der Waals surface area contributed by atoms with Crippen molar-refractivity contribution in [1.82, 2.24) is 0 Å². The molecule has 0 saturated heterocycles. The van der Waals surface area contributed by atoms with Crippen LogP contribution in [0.25, 0.3) is 0 Å². The Morgan fingerprint density at radius 3 is 2.40 bits per heavy atom. The second-order valence-electron chi connectivity index (χ2n) is 8.70. The summed E-state index contributed by atoms with van der Waals surface area (Å²) in [7, 11) is 0. The fourth-order valence-electron chi connectivity index (χ4n) is 4.25. The average molecular weight is 363 g/mol. The molecule has 2 aliphatic carbocycles. The molecule has 0 bridgehead atoms. The van der Waals surface area contributed by atoms with Crippen molar-refractivity contribution >= 4 is 28.2 Å². The molecule has 5 heteroatoms. The zero-order valence-electron chi connectivity index (χ0n) is 15.6. The topological polar surface area (TPSA) is 72.2 Å². The Balaban J connectivity index is 1.85. The van der Waals surface area contributed by atoms with Crippen LogP contribution in [0.5, 0.6) is 0 Å². The van der Waals surface area contributed by atoms with E-state index in [1.165, 1.54) is 11.3 Å². The summed E-state index contributed by atoms with van der Waals surface area (Å²) in [6, 6.07) is 0. The van der Waals surface area contributed by atoms with Crippen LogP contribution in [-0.2, 0) is 17.6 Å². The van der Waals surface area contributed by atoms with Crippen molar-refractivity contribution in [1.29, 1.82) is 0 Å². The summed E-state index contributed by atoms with van der Waals surface area (Å²) < 4.78 is 0. The molecule has 0 radical (unpaired) electrons. The molecular weight excluding hydrogens is 332 g/mol. The van der Waals surface area contributed by atoms with Gasteiger partial charge in [0.1, 0.15) is 5.00 Å². The smallest absolute Gasteiger partial charge is 0.251 e. The van der Waals surface area contributed by atoms with Gasteiger partial charge in [0.25, 0.3) is 5.91 Å². The third-order valence-corrected chi connectivity index (χ3v) is 7.15. The Morgan fingerprint density at radius 1 is 1.12 bits per heavy atom. The van der Waals surface area contributed by atoms with Crippen LogP contribution in [0.3, 0.4) is 0 Å². The second kappa shape index (κ2) is 7.10. The number of aryl methyl sites for hydroxylation is 1. The first kappa shape index (κ1) is 18.4. The van der Waals surface area contributed by atoms with E-state index in [-0.39, 0.29) is 17.2 Å². The maximum atomic E-state index is 12.6. The zero-order chi connectivity index (χ0) is 18.2. The van der Waals surface area contributed by atoms with Gasteiger partial charge >= 0.3 is 0 Å². The van der Waals surface area contributed by atoms with E-state index in [1.54, 1.807) is 11.3 Å². The lowest BCUT2D eigenvalue weighted by Crippen LogP contribution is -2.28. The van der Waals surface area contributed by atoms with Crippen LogP contribution in [-0.4, -0.2) is 11.8 Å². The lowest BCUT2D eigenvalue weighted by molar-refractivity contribution is -0.120. The van der Waals surface area contributed by atoms with Crippen LogP contribution >= 0.6 is 11.3 Å². The van der Waals surface area contributed by atoms with Gasteiger partial charge in [-0.3, -0.25) is 9.59 Å². The predicted molar refractivity (Wildman–Crippen MR) is 103 cm³/mol. The SMILES string of the molecule is CC(C)(C)C1CCc2sc(NC(=O)C3CCCCC3)c(C(N)=O)c2C1. The fourth-order valence-corrected chi connectivity index (χ4v) is 5.50. The molecule has 1 saturated carbocycles. The Hall–Kier alpha value is -1.36. The van der Waals surface area contributed by atoms with Gasteiger partial charge in [-0.2, -0.15) is 0 Å². The number of amides is 2. The standard InChI is InChI=1S/C20H30N2O2S/c1-20(2,3)13-9-10-15-14(11-13)16(17(21)23)19(25-15)22-18(24)12-7-5-4-6-8-12/h12-13H,4-11H2,1-3H3,(H2,21,23)(H,22,24). The van der Waals surface area contributed by atoms with Gasteiger partial charge in [-0.25, -0.2) is 0 Å². The zero-order valence-corrected chi connectivity index (χ0v) is 16.4. The molecular formula is C20H30N2O2S. The molecule has 2 amide bonds. The van der Waals surface area contributed by atoms with Crippen molar-refractivity contribution in [2.45, 2.75) is 72.1 Å². The molecule has 138 valence electrons. The van der Waals surface area contributed by atoms with Crippen LogP contribution in [0.2, 0.25) is 0 Å². The first-order valence-electron chi connectivity index (χ1n) is 9.52. The van der Waals surface area contributed by atoms with Gasteiger partial charge in [-0.05, 0) is 49.0 Å². The maximum Gasteiger partial charge on any atom is 0.251 e. The highest BCUT2D eigenvalue weighted by Crippen LogP contribution is 2.44. The summed E-state index contributed by atoms with van der Waals surface area (Å²) >= 11 is 1.56. The summed E-state index contributed by atoms with van der Waals surface area (Å²) in [6.45, 7) is 6.76. The van der Waals surface area contributed by atoms with E-state index >= 15 is 0 Å². The van der Waals surface area contributed by atoms with E-state index in [2.05, 4.69) is 26.1 Å². The van der Waals surface area contributed by atoms with Crippen LogP contribution < -0.4 is 11.1 Å². The first-order valence-corrected chi connectivity index (χ1v) is 10.3. The predicted octanol–water partition coefficient (Wildman–Crippen LogP) is 4.52. The van der Waals surface area contributed by atoms with Gasteiger partial charge in [-0.15, -0.1) is 11.3 Å². The molecule has 1 heterocycles. The summed E-state index contributed by atoms with van der Waals surface area (Å²) in [6.07, 6.45) is 8.35. The Morgan fingerprint density at radius 2 is 1.80 bits per heavy atom. The molecule has 0 aliphatic heterocycles. The molecule has 1 unspecified atom stereocenters. The van der Waals surface area contributed by atoms with Crippen molar-refractivity contribution in [3.05, 3.63) is 16.0 Å². The number of primary amides is 1. The Labute approximate surface area is 154 Å². The van der Waals surface area contributed by atoms with E-state index in [0.717, 1.165) is 50.5 Å². The third kappa shape index (κ3) is 3.91. The highest BCUT2D eigenvalue weighted by Gasteiger charge is 2.34. The van der Waals surface area contributed by atoms with Crippen molar-refractivity contribution in [2.24, 2.45) is 23.0 Å². The van der Waals surface area contributed by atoms with Crippen LogP contribution in [0.4, 0.5) is 5.00 Å². The van der Waals surface area contributed by atoms with E-state index in [1.807, 2.05) is 0 Å². The molecule has 0 aromatic carbocycles. The minimum Gasteiger partial charge on any atom is -0.365 e. The number of rotatable bonds is 3. The highest BCUT2D eigenvalue weighted by molar-refractivity contribution is 7.17. The largest absolute Gasteiger partial charge is 0.365 e. The minimum absolute atomic E-state index is 0.0631. The number of nitrogens with one attached hydrogen (secondary N) is 1. The van der Waals surface area contributed by atoms with E-state index in [9.17, 15) is 9.59 Å². The van der Waals surface area contributed by atoms with Gasteiger partial charge in [0.15, 0.2) is 0 Å². The number of fused-ring (bicyclic) bond motifs is 1. The molecule has 1 atom stereocenters. The normalized spacial score (nSPS) is 21.6. The van der Waals surface area contributed by atoms with Crippen molar-refractivity contribution in [2.75, 3.05) is 5.32 Å². The number of carbonyl (C=O) groups excluding carboxylic acids is 2. The van der Waals surface area contributed by atoms with Crippen LogP contribution in [0.1, 0.15) is 80.1 Å². The average Bonchev–Trinajstić information content (AvgIpc) is 2.91. The van der Waals surface area contributed by atoms with E-state index in [4.69, 9.17) is 5.73 Å². The molecule has 25 heavy (non-hydrogen) atoms. The molecule has 2 aliphatic rings. The van der Waals surface area contributed by atoms with E-state index < -0.39 is 5.91 Å². The fraction of sp³-hybridized carbons (Fsp3) is 0.700. The van der Waals surface area contributed by atoms with Crippen LogP contribution in [0.15, 0.2) is 0 Å². The van der Waals surface area contributed by atoms with Crippen LogP contribution in [0, 0.1) is 17.3 Å². The third-order valence-electron chi connectivity index (χ3n) is 5.94. The first-order chi connectivity index (χ1) is 11.8.